The zero-order chi connectivity index (χ0) is 14.5. The van der Waals surface area contributed by atoms with Gasteiger partial charge in [-0.3, -0.25) is 10.3 Å². The first kappa shape index (κ1) is 16.4. The molecular formula is C13H17N5S2. The third-order valence-corrected chi connectivity index (χ3v) is 4.10. The number of unbranched alkanes of at least 4 members (excludes halogenated alkanes) is 1. The van der Waals surface area contributed by atoms with Crippen LogP contribution in [0.25, 0.3) is 0 Å². The van der Waals surface area contributed by atoms with E-state index < -0.39 is 0 Å². The van der Waals surface area contributed by atoms with E-state index in [9.17, 15) is 0 Å². The van der Waals surface area contributed by atoms with Gasteiger partial charge in [0.1, 0.15) is 5.01 Å². The molecule has 2 N–H and O–H groups in total. The van der Waals surface area contributed by atoms with Crippen LogP contribution < -0.4 is 10.6 Å². The van der Waals surface area contributed by atoms with Gasteiger partial charge in [0, 0.05) is 42.6 Å². The van der Waals surface area contributed by atoms with E-state index >= 15 is 0 Å². The van der Waals surface area contributed by atoms with Crippen LogP contribution >= 0.6 is 23.1 Å². The van der Waals surface area contributed by atoms with Crippen LogP contribution in [0.15, 0.2) is 16.6 Å². The van der Waals surface area contributed by atoms with E-state index in [2.05, 4.69) is 26.5 Å². The Kier molecular flexibility index (Phi) is 9.12. The van der Waals surface area contributed by atoms with Crippen molar-refractivity contribution in [1.29, 1.82) is 5.26 Å². The van der Waals surface area contributed by atoms with Crippen LogP contribution in [-0.2, 0) is 5.75 Å². The predicted molar refractivity (Wildman–Crippen MR) is 85.4 cm³/mol. The van der Waals surface area contributed by atoms with Crippen molar-refractivity contribution in [3.63, 3.8) is 0 Å². The van der Waals surface area contributed by atoms with Crippen molar-refractivity contribution in [2.45, 2.75) is 18.6 Å². The first-order valence-electron chi connectivity index (χ1n) is 6.20. The average Bonchev–Trinajstić information content (AvgIpc) is 2.96. The number of hydrogen-bond donors (Lipinski definition) is 2. The average molecular weight is 307 g/mol. The molecule has 0 atom stereocenters. The molecule has 0 fully saturated rings. The Labute approximate surface area is 127 Å². The van der Waals surface area contributed by atoms with E-state index in [0.717, 1.165) is 29.5 Å². The highest BCUT2D eigenvalue weighted by atomic mass is 32.2. The fourth-order valence-electron chi connectivity index (χ4n) is 1.29. The molecule has 0 amide bonds. The first-order valence-corrected chi connectivity index (χ1v) is 8.23. The predicted octanol–water partition coefficient (Wildman–Crippen LogP) is 1.81. The second kappa shape index (κ2) is 11.2. The number of guanidine groups is 1. The SMILES string of the molecule is C#CCCCN=C(NC#N)NCCSCc1nccs1. The minimum Gasteiger partial charge on any atom is -0.355 e. The lowest BCUT2D eigenvalue weighted by molar-refractivity contribution is 0.841. The summed E-state index contributed by atoms with van der Waals surface area (Å²) in [5, 5.41) is 17.4. The number of thioether (sulfide) groups is 1. The number of terminal acetylenes is 1. The van der Waals surface area contributed by atoms with Crippen LogP contribution in [0, 0.1) is 23.8 Å². The van der Waals surface area contributed by atoms with Gasteiger partial charge in [0.05, 0.1) is 0 Å². The molecule has 0 aliphatic carbocycles. The third kappa shape index (κ3) is 7.67. The van der Waals surface area contributed by atoms with Crippen molar-refractivity contribution in [2.24, 2.45) is 4.99 Å². The molecule has 0 aliphatic rings. The van der Waals surface area contributed by atoms with Crippen LogP contribution in [0.5, 0.6) is 0 Å². The molecule has 106 valence electrons. The molecule has 0 radical (unpaired) electrons. The standard InChI is InChI=1S/C13H17N5S2/c1-2-3-4-5-16-13(18-11-14)17-6-8-19-10-12-15-7-9-20-12/h1,7,9H,3-6,8,10H2,(H2,16,17,18). The zero-order valence-electron chi connectivity index (χ0n) is 11.1. The molecule has 20 heavy (non-hydrogen) atoms. The second-order valence-electron chi connectivity index (χ2n) is 3.68. The molecule has 5 nitrogen and oxygen atoms in total. The Balaban J connectivity index is 2.15. The summed E-state index contributed by atoms with van der Waals surface area (Å²) in [4.78, 5) is 8.47. The van der Waals surface area contributed by atoms with Crippen molar-refractivity contribution >= 4 is 29.1 Å². The molecular weight excluding hydrogens is 290 g/mol. The Morgan fingerprint density at radius 2 is 2.50 bits per heavy atom. The lowest BCUT2D eigenvalue weighted by atomic mass is 10.3. The van der Waals surface area contributed by atoms with Crippen LogP contribution in [0.2, 0.25) is 0 Å². The van der Waals surface area contributed by atoms with Crippen molar-refractivity contribution in [1.82, 2.24) is 15.6 Å². The number of nitrogens with one attached hydrogen (secondary N) is 2. The van der Waals surface area contributed by atoms with E-state index in [-0.39, 0.29) is 0 Å². The number of aliphatic imine (C=N–C) groups is 1. The monoisotopic (exact) mass is 307 g/mol. The number of nitriles is 1. The highest BCUT2D eigenvalue weighted by Gasteiger charge is 1.98. The van der Waals surface area contributed by atoms with Crippen molar-refractivity contribution < 1.29 is 0 Å². The molecule has 0 saturated carbocycles. The zero-order valence-corrected chi connectivity index (χ0v) is 12.8. The fraction of sp³-hybridized carbons (Fsp3) is 0.462. The molecule has 1 rings (SSSR count). The number of thiazole rings is 1. The van der Waals surface area contributed by atoms with E-state index in [0.29, 0.717) is 18.9 Å². The Morgan fingerprint density at radius 3 is 3.20 bits per heavy atom. The summed E-state index contributed by atoms with van der Waals surface area (Å²) in [6, 6.07) is 0. The number of aromatic nitrogens is 1. The van der Waals surface area contributed by atoms with Crippen molar-refractivity contribution in [2.75, 3.05) is 18.8 Å². The Hall–Kier alpha value is -1.70. The summed E-state index contributed by atoms with van der Waals surface area (Å²) in [5.74, 6) is 4.92. The molecule has 7 heteroatoms. The molecule has 0 unspecified atom stereocenters. The summed E-state index contributed by atoms with van der Waals surface area (Å²) >= 11 is 3.46. The van der Waals surface area contributed by atoms with Gasteiger partial charge in [0.25, 0.3) is 0 Å². The van der Waals surface area contributed by atoms with Crippen LogP contribution in [0.1, 0.15) is 17.8 Å². The third-order valence-electron chi connectivity index (χ3n) is 2.17. The van der Waals surface area contributed by atoms with E-state index in [1.165, 1.54) is 0 Å². The lowest BCUT2D eigenvalue weighted by Gasteiger charge is -2.07. The molecule has 1 aromatic rings. The van der Waals surface area contributed by atoms with Gasteiger partial charge >= 0.3 is 0 Å². The summed E-state index contributed by atoms with van der Waals surface area (Å²) in [7, 11) is 0. The van der Waals surface area contributed by atoms with Gasteiger partial charge in [-0.05, 0) is 6.42 Å². The highest BCUT2D eigenvalue weighted by Crippen LogP contribution is 2.13. The smallest absolute Gasteiger partial charge is 0.204 e. The van der Waals surface area contributed by atoms with E-state index in [1.54, 1.807) is 23.1 Å². The Morgan fingerprint density at radius 1 is 1.60 bits per heavy atom. The summed E-state index contributed by atoms with van der Waals surface area (Å²) < 4.78 is 0. The van der Waals surface area contributed by atoms with Gasteiger partial charge in [-0.25, -0.2) is 4.98 Å². The minimum absolute atomic E-state index is 0.513. The topological polar surface area (TPSA) is 73.1 Å². The van der Waals surface area contributed by atoms with Gasteiger partial charge in [-0.15, -0.1) is 23.7 Å². The quantitative estimate of drug-likeness (QED) is 0.191. The van der Waals surface area contributed by atoms with Gasteiger partial charge < -0.3 is 5.32 Å². The maximum Gasteiger partial charge on any atom is 0.204 e. The van der Waals surface area contributed by atoms with Gasteiger partial charge in [0.2, 0.25) is 5.96 Å². The van der Waals surface area contributed by atoms with Gasteiger partial charge in [-0.1, -0.05) is 0 Å². The van der Waals surface area contributed by atoms with Crippen LogP contribution in [-0.4, -0.2) is 29.8 Å². The maximum atomic E-state index is 8.64. The summed E-state index contributed by atoms with van der Waals surface area (Å²) in [5.41, 5.74) is 0. The molecule has 0 saturated heterocycles. The normalized spacial score (nSPS) is 10.6. The number of nitrogens with zero attached hydrogens (tertiary/aromatic N) is 3. The van der Waals surface area contributed by atoms with Crippen LogP contribution in [0.4, 0.5) is 0 Å². The molecule has 0 aliphatic heterocycles. The highest BCUT2D eigenvalue weighted by molar-refractivity contribution is 7.98. The molecule has 1 aromatic heterocycles. The first-order chi connectivity index (χ1) is 9.86. The fourth-order valence-corrected chi connectivity index (χ4v) is 2.85. The van der Waals surface area contributed by atoms with Crippen molar-refractivity contribution in [3.05, 3.63) is 16.6 Å². The summed E-state index contributed by atoms with van der Waals surface area (Å²) in [6.07, 6.45) is 10.4. The number of hydrogen-bond acceptors (Lipinski definition) is 5. The number of rotatable bonds is 8. The minimum atomic E-state index is 0.513. The van der Waals surface area contributed by atoms with Gasteiger partial charge in [-0.2, -0.15) is 17.0 Å². The molecule has 0 bridgehead atoms. The van der Waals surface area contributed by atoms with E-state index in [4.69, 9.17) is 11.7 Å². The maximum absolute atomic E-state index is 8.64. The van der Waals surface area contributed by atoms with Crippen LogP contribution in [0.3, 0.4) is 0 Å². The van der Waals surface area contributed by atoms with Crippen molar-refractivity contribution in [3.8, 4) is 18.5 Å². The van der Waals surface area contributed by atoms with Gasteiger partial charge in [0.15, 0.2) is 6.19 Å². The largest absolute Gasteiger partial charge is 0.355 e. The molecule has 0 aromatic carbocycles. The Bertz CT molecular complexity index is 470. The van der Waals surface area contributed by atoms with E-state index in [1.807, 2.05) is 17.8 Å². The molecule has 0 spiro atoms. The lowest BCUT2D eigenvalue weighted by Crippen LogP contribution is -2.36. The summed E-state index contributed by atoms with van der Waals surface area (Å²) in [6.45, 7) is 1.37. The molecule has 1 heterocycles. The second-order valence-corrected chi connectivity index (χ2v) is 5.76.